The second kappa shape index (κ2) is 2.88. The van der Waals surface area contributed by atoms with E-state index < -0.39 is 15.6 Å². The molecule has 0 aromatic carbocycles. The average Bonchev–Trinajstić information content (AvgIpc) is 2.34. The molecule has 0 spiro atoms. The SMILES string of the molecule is C1=C2OCC12.O=S(=O)(O)C(F)(F)F. The standard InChI is InChI=1S/C4H4O.CHF3O3S/c1-3-2-5-4(1)3;2-1(3,4)8(5,6)7/h1,3H,2H2;(H,5,6,7). The molecule has 1 unspecified atom stereocenters. The van der Waals surface area contributed by atoms with Crippen LogP contribution in [0.2, 0.25) is 0 Å². The Morgan fingerprint density at radius 1 is 1.54 bits per heavy atom. The lowest BCUT2D eigenvalue weighted by molar-refractivity contribution is -0.0510. The van der Waals surface area contributed by atoms with Gasteiger partial charge in [0.25, 0.3) is 0 Å². The van der Waals surface area contributed by atoms with Gasteiger partial charge in [-0.05, 0) is 6.08 Å². The molecule has 2 aliphatic rings. The summed E-state index contributed by atoms with van der Waals surface area (Å²) in [6, 6.07) is 0. The summed E-state index contributed by atoms with van der Waals surface area (Å²) in [6.07, 6.45) is 2.14. The summed E-state index contributed by atoms with van der Waals surface area (Å²) >= 11 is 0. The number of fused-ring (bicyclic) bond motifs is 1. The van der Waals surface area contributed by atoms with E-state index in [1.807, 2.05) is 0 Å². The summed E-state index contributed by atoms with van der Waals surface area (Å²) < 4.78 is 62.4. The van der Waals surface area contributed by atoms with Crippen molar-refractivity contribution in [3.05, 3.63) is 11.8 Å². The van der Waals surface area contributed by atoms with Crippen molar-refractivity contribution in [1.29, 1.82) is 0 Å². The fourth-order valence-electron chi connectivity index (χ4n) is 0.522. The van der Waals surface area contributed by atoms with E-state index in [-0.39, 0.29) is 0 Å². The smallest absolute Gasteiger partial charge is 0.496 e. The van der Waals surface area contributed by atoms with E-state index in [0.717, 1.165) is 12.5 Å². The Labute approximate surface area is 71.7 Å². The van der Waals surface area contributed by atoms with E-state index >= 15 is 0 Å². The van der Waals surface area contributed by atoms with Crippen molar-refractivity contribution < 1.29 is 30.9 Å². The van der Waals surface area contributed by atoms with Crippen molar-refractivity contribution in [3.63, 3.8) is 0 Å². The molecule has 0 amide bonds. The van der Waals surface area contributed by atoms with Crippen LogP contribution in [0.4, 0.5) is 13.2 Å². The van der Waals surface area contributed by atoms with Gasteiger partial charge in [-0.2, -0.15) is 21.6 Å². The Morgan fingerprint density at radius 3 is 1.92 bits per heavy atom. The molecule has 1 saturated heterocycles. The van der Waals surface area contributed by atoms with Gasteiger partial charge in [0.2, 0.25) is 0 Å². The summed E-state index contributed by atoms with van der Waals surface area (Å²) in [5.41, 5.74) is -5.53. The molecule has 2 rings (SSSR count). The van der Waals surface area contributed by atoms with Gasteiger partial charge in [-0.1, -0.05) is 0 Å². The molecule has 1 heterocycles. The number of alkyl halides is 3. The maximum absolute atomic E-state index is 10.7. The molecule has 4 nitrogen and oxygen atoms in total. The minimum Gasteiger partial charge on any atom is -0.496 e. The minimum absolute atomic E-state index is 0.801. The molecular weight excluding hydrogens is 213 g/mol. The molecule has 76 valence electrons. The average molecular weight is 218 g/mol. The van der Waals surface area contributed by atoms with Crippen LogP contribution in [0, 0.1) is 5.92 Å². The van der Waals surface area contributed by atoms with Gasteiger partial charge >= 0.3 is 15.6 Å². The summed E-state index contributed by atoms with van der Waals surface area (Å²) in [6.45, 7) is 0.968. The monoisotopic (exact) mass is 218 g/mol. The third-order valence-electron chi connectivity index (χ3n) is 1.34. The normalized spacial score (nSPS) is 24.0. The number of rotatable bonds is 0. The first-order valence-electron chi connectivity index (χ1n) is 3.10. The Hall–Kier alpha value is -0.760. The predicted molar refractivity (Wildman–Crippen MR) is 35.1 cm³/mol. The lowest BCUT2D eigenvalue weighted by Crippen LogP contribution is -2.21. The molecule has 1 aliphatic carbocycles. The summed E-state index contributed by atoms with van der Waals surface area (Å²) in [5.74, 6) is 2.03. The van der Waals surface area contributed by atoms with E-state index in [0.29, 0.717) is 0 Å². The molecule has 0 aromatic rings. The first-order valence-corrected chi connectivity index (χ1v) is 4.54. The molecule has 1 atom stereocenters. The second-order valence-electron chi connectivity index (χ2n) is 2.41. The van der Waals surface area contributed by atoms with Crippen LogP contribution in [-0.4, -0.2) is 25.1 Å². The summed E-state index contributed by atoms with van der Waals surface area (Å²) in [4.78, 5) is 0. The van der Waals surface area contributed by atoms with E-state index in [9.17, 15) is 13.2 Å². The lowest BCUT2D eigenvalue weighted by Gasteiger charge is -2.09. The highest BCUT2D eigenvalue weighted by Gasteiger charge is 2.44. The fraction of sp³-hybridized carbons (Fsp3) is 0.600. The van der Waals surface area contributed by atoms with Crippen molar-refractivity contribution in [2.75, 3.05) is 6.61 Å². The summed E-state index contributed by atoms with van der Waals surface area (Å²) in [5, 5.41) is 0. The zero-order valence-electron chi connectivity index (χ0n) is 6.08. The van der Waals surface area contributed by atoms with Crippen molar-refractivity contribution in [1.82, 2.24) is 0 Å². The van der Waals surface area contributed by atoms with Gasteiger partial charge < -0.3 is 4.74 Å². The first-order chi connectivity index (χ1) is 5.72. The first kappa shape index (κ1) is 10.3. The van der Waals surface area contributed by atoms with Gasteiger partial charge in [0.15, 0.2) is 0 Å². The van der Waals surface area contributed by atoms with Crippen LogP contribution >= 0.6 is 0 Å². The fourth-order valence-corrected chi connectivity index (χ4v) is 0.522. The van der Waals surface area contributed by atoms with Crippen molar-refractivity contribution in [2.45, 2.75) is 5.51 Å². The Kier molecular flexibility index (Phi) is 2.28. The highest BCUT2D eigenvalue weighted by atomic mass is 32.2. The van der Waals surface area contributed by atoms with Gasteiger partial charge in [-0.25, -0.2) is 0 Å². The van der Waals surface area contributed by atoms with Crippen LogP contribution < -0.4 is 0 Å². The van der Waals surface area contributed by atoms with Crippen molar-refractivity contribution in [2.24, 2.45) is 5.92 Å². The second-order valence-corrected chi connectivity index (χ2v) is 3.82. The van der Waals surface area contributed by atoms with Crippen LogP contribution in [0.15, 0.2) is 11.8 Å². The maximum Gasteiger partial charge on any atom is 0.522 e. The molecule has 0 bridgehead atoms. The zero-order valence-corrected chi connectivity index (χ0v) is 6.89. The van der Waals surface area contributed by atoms with Gasteiger partial charge in [0.1, 0.15) is 12.4 Å². The molecule has 0 aromatic heterocycles. The van der Waals surface area contributed by atoms with Crippen LogP contribution in [0.3, 0.4) is 0 Å². The third kappa shape index (κ3) is 2.59. The quantitative estimate of drug-likeness (QED) is 0.485. The van der Waals surface area contributed by atoms with Gasteiger partial charge in [-0.15, -0.1) is 0 Å². The lowest BCUT2D eigenvalue weighted by atomic mass is 10.3. The molecule has 1 aliphatic heterocycles. The summed E-state index contributed by atoms with van der Waals surface area (Å²) in [7, 11) is -5.84. The van der Waals surface area contributed by atoms with Crippen LogP contribution in [-0.2, 0) is 14.9 Å². The molecule has 1 N–H and O–H groups in total. The Bertz CT molecular complexity index is 328. The van der Waals surface area contributed by atoms with Gasteiger partial charge in [-0.3, -0.25) is 4.55 Å². The van der Waals surface area contributed by atoms with Gasteiger partial charge in [0, 0.05) is 0 Å². The van der Waals surface area contributed by atoms with Crippen molar-refractivity contribution >= 4 is 10.1 Å². The topological polar surface area (TPSA) is 63.6 Å². The van der Waals surface area contributed by atoms with Crippen LogP contribution in [0.25, 0.3) is 0 Å². The molecule has 0 saturated carbocycles. The third-order valence-corrected chi connectivity index (χ3v) is 1.93. The highest BCUT2D eigenvalue weighted by Crippen LogP contribution is 2.39. The van der Waals surface area contributed by atoms with Crippen LogP contribution in [0.5, 0.6) is 0 Å². The molecule has 0 radical (unpaired) electrons. The van der Waals surface area contributed by atoms with E-state index in [2.05, 4.69) is 6.08 Å². The van der Waals surface area contributed by atoms with E-state index in [1.54, 1.807) is 0 Å². The van der Waals surface area contributed by atoms with E-state index in [1.165, 1.54) is 5.76 Å². The maximum atomic E-state index is 10.7. The minimum atomic E-state index is -5.84. The Morgan fingerprint density at radius 2 is 1.92 bits per heavy atom. The number of halogens is 3. The van der Waals surface area contributed by atoms with Gasteiger partial charge in [0.05, 0.1) is 5.92 Å². The number of ether oxygens (including phenoxy) is 1. The zero-order chi connectivity index (χ0) is 10.3. The largest absolute Gasteiger partial charge is 0.522 e. The van der Waals surface area contributed by atoms with Crippen LogP contribution in [0.1, 0.15) is 0 Å². The highest BCUT2D eigenvalue weighted by molar-refractivity contribution is 7.86. The number of hydrogen-bond acceptors (Lipinski definition) is 3. The van der Waals surface area contributed by atoms with E-state index in [4.69, 9.17) is 17.7 Å². The molecular formula is C5H5F3O4S. The number of hydrogen-bond donors (Lipinski definition) is 1. The van der Waals surface area contributed by atoms with Crippen molar-refractivity contribution in [3.8, 4) is 0 Å². The predicted octanol–water partition coefficient (Wildman–Crippen LogP) is 0.924. The molecule has 13 heavy (non-hydrogen) atoms. The molecule has 1 fully saturated rings. The Balaban J connectivity index is 0.000000140. The molecule has 8 heteroatoms.